The molecule has 10 aromatic rings. The molecule has 0 aliphatic heterocycles. The van der Waals surface area contributed by atoms with E-state index in [-0.39, 0.29) is 0 Å². The number of imidazole rings is 1. The smallest absolute Gasteiger partial charge is 0.145 e. The van der Waals surface area contributed by atoms with Crippen LogP contribution in [0.3, 0.4) is 0 Å². The molecule has 0 N–H and O–H groups in total. The zero-order valence-electron chi connectivity index (χ0n) is 25.9. The summed E-state index contributed by atoms with van der Waals surface area (Å²) >= 11 is 0. The molecule has 0 spiro atoms. The van der Waals surface area contributed by atoms with Gasteiger partial charge in [0.2, 0.25) is 0 Å². The first-order valence-corrected chi connectivity index (χ1v) is 16.5. The largest absolute Gasteiger partial charge is 0.309 e. The highest BCUT2D eigenvalue weighted by atomic mass is 15.1. The zero-order valence-corrected chi connectivity index (χ0v) is 25.9. The lowest BCUT2D eigenvalue weighted by molar-refractivity contribution is 1.11. The van der Waals surface area contributed by atoms with Crippen LogP contribution in [0.15, 0.2) is 164 Å². The number of nitrogens with zero attached hydrogens (tertiary/aromatic N) is 3. The summed E-state index contributed by atoms with van der Waals surface area (Å²) in [5.41, 5.74) is 13.2. The van der Waals surface area contributed by atoms with Gasteiger partial charge in [0.25, 0.3) is 0 Å². The van der Waals surface area contributed by atoms with E-state index in [4.69, 9.17) is 4.98 Å². The predicted molar refractivity (Wildman–Crippen MR) is 200 cm³/mol. The minimum Gasteiger partial charge on any atom is -0.309 e. The quantitative estimate of drug-likeness (QED) is 0.195. The average molecular weight is 610 g/mol. The third kappa shape index (κ3) is 3.35. The molecule has 48 heavy (non-hydrogen) atoms. The second-order valence-electron chi connectivity index (χ2n) is 12.7. The fourth-order valence-corrected chi connectivity index (χ4v) is 8.30. The van der Waals surface area contributed by atoms with Gasteiger partial charge in [-0.2, -0.15) is 0 Å². The monoisotopic (exact) mass is 609 g/mol. The Morgan fingerprint density at radius 1 is 0.375 bits per heavy atom. The molecule has 0 unspecified atom stereocenters. The first-order chi connectivity index (χ1) is 23.8. The van der Waals surface area contributed by atoms with E-state index in [0.717, 1.165) is 28.1 Å². The van der Waals surface area contributed by atoms with Gasteiger partial charge >= 0.3 is 0 Å². The molecule has 222 valence electrons. The van der Waals surface area contributed by atoms with E-state index in [1.54, 1.807) is 0 Å². The molecule has 0 amide bonds. The molecular formula is C45H27N3. The third-order valence-corrected chi connectivity index (χ3v) is 10.3. The Labute approximate surface area is 276 Å². The predicted octanol–water partition coefficient (Wildman–Crippen LogP) is 11.7. The highest BCUT2D eigenvalue weighted by Gasteiger charge is 2.25. The topological polar surface area (TPSA) is 22.8 Å². The van der Waals surface area contributed by atoms with Crippen LogP contribution in [-0.4, -0.2) is 14.1 Å². The van der Waals surface area contributed by atoms with Gasteiger partial charge < -0.3 is 4.57 Å². The van der Waals surface area contributed by atoms with Gasteiger partial charge in [-0.25, -0.2) is 4.98 Å². The molecule has 0 saturated carbocycles. The van der Waals surface area contributed by atoms with E-state index >= 15 is 0 Å². The van der Waals surface area contributed by atoms with E-state index in [0.29, 0.717) is 0 Å². The molecular weight excluding hydrogens is 583 g/mol. The Hall–Kier alpha value is -6.45. The molecule has 0 radical (unpaired) electrons. The molecule has 2 aromatic heterocycles. The first kappa shape index (κ1) is 25.7. The Bertz CT molecular complexity index is 2900. The van der Waals surface area contributed by atoms with Gasteiger partial charge in [0.15, 0.2) is 0 Å². The number of fused-ring (bicyclic) bond motifs is 10. The standard InChI is InChI=1S/C45H27N3/c1-3-12-28(13-4-1)45-46-38-25-22-34-35(44(38)47(45)29-14-5-2-6-15-29)24-27-41-43(34)37-18-9-10-21-39(37)48(41)40-26-23-33-31-17-8-7-16-30(31)32-19-11-20-36(40)42(32)33/h1-27H. The Morgan fingerprint density at radius 3 is 1.88 bits per heavy atom. The van der Waals surface area contributed by atoms with Crippen LogP contribution in [0.4, 0.5) is 0 Å². The van der Waals surface area contributed by atoms with Crippen molar-refractivity contribution in [2.75, 3.05) is 0 Å². The highest BCUT2D eigenvalue weighted by molar-refractivity contribution is 6.26. The summed E-state index contributed by atoms with van der Waals surface area (Å²) in [5, 5.41) is 7.54. The van der Waals surface area contributed by atoms with Crippen LogP contribution in [0.1, 0.15) is 0 Å². The van der Waals surface area contributed by atoms with Crippen molar-refractivity contribution in [3.8, 4) is 45.0 Å². The van der Waals surface area contributed by atoms with E-state index in [1.165, 1.54) is 71.3 Å². The van der Waals surface area contributed by atoms with Gasteiger partial charge in [0.05, 0.1) is 27.8 Å². The van der Waals surface area contributed by atoms with Crippen molar-refractivity contribution < 1.29 is 0 Å². The molecule has 0 saturated heterocycles. The molecule has 2 heterocycles. The van der Waals surface area contributed by atoms with Crippen molar-refractivity contribution in [1.29, 1.82) is 0 Å². The first-order valence-electron chi connectivity index (χ1n) is 16.5. The van der Waals surface area contributed by atoms with Crippen molar-refractivity contribution in [2.45, 2.75) is 0 Å². The number of hydrogen-bond donors (Lipinski definition) is 0. The highest BCUT2D eigenvalue weighted by Crippen LogP contribution is 2.49. The fraction of sp³-hybridized carbons (Fsp3) is 0. The molecule has 1 aliphatic carbocycles. The maximum absolute atomic E-state index is 5.24. The lowest BCUT2D eigenvalue weighted by Gasteiger charge is -2.14. The average Bonchev–Trinajstić information content (AvgIpc) is 3.82. The summed E-state index contributed by atoms with van der Waals surface area (Å²) in [6.07, 6.45) is 0. The molecule has 0 fully saturated rings. The summed E-state index contributed by atoms with van der Waals surface area (Å²) in [6, 6.07) is 59.3. The summed E-state index contributed by atoms with van der Waals surface area (Å²) in [6.45, 7) is 0. The Morgan fingerprint density at radius 2 is 1.04 bits per heavy atom. The van der Waals surface area contributed by atoms with Gasteiger partial charge in [-0.15, -0.1) is 0 Å². The molecule has 0 atom stereocenters. The summed E-state index contributed by atoms with van der Waals surface area (Å²) < 4.78 is 4.81. The molecule has 1 aliphatic rings. The number of rotatable bonds is 3. The SMILES string of the molecule is c1ccc(-c2nc3ccc4c(ccc5c4c4ccccc4n5-c4ccc5c6c(cccc46)-c4ccccc4-5)c3n2-c2ccccc2)cc1. The van der Waals surface area contributed by atoms with Crippen LogP contribution >= 0.6 is 0 Å². The lowest BCUT2D eigenvalue weighted by atomic mass is 10.0. The van der Waals surface area contributed by atoms with Crippen LogP contribution < -0.4 is 0 Å². The third-order valence-electron chi connectivity index (χ3n) is 10.3. The maximum Gasteiger partial charge on any atom is 0.145 e. The van der Waals surface area contributed by atoms with E-state index in [2.05, 4.69) is 173 Å². The molecule has 3 heteroatoms. The second-order valence-corrected chi connectivity index (χ2v) is 12.7. The number of aromatic nitrogens is 3. The zero-order chi connectivity index (χ0) is 31.3. The summed E-state index contributed by atoms with van der Waals surface area (Å²) in [7, 11) is 0. The van der Waals surface area contributed by atoms with Crippen molar-refractivity contribution in [3.63, 3.8) is 0 Å². The molecule has 0 bridgehead atoms. The second kappa shape index (κ2) is 9.54. The minimum atomic E-state index is 0.945. The number of benzene rings is 8. The van der Waals surface area contributed by atoms with E-state index in [1.807, 2.05) is 0 Å². The molecule has 3 nitrogen and oxygen atoms in total. The van der Waals surface area contributed by atoms with Gasteiger partial charge in [-0.1, -0.05) is 127 Å². The number of hydrogen-bond acceptors (Lipinski definition) is 1. The van der Waals surface area contributed by atoms with Crippen LogP contribution in [0.25, 0.3) is 99.4 Å². The van der Waals surface area contributed by atoms with Crippen LogP contribution in [0.5, 0.6) is 0 Å². The van der Waals surface area contributed by atoms with Gasteiger partial charge in [-0.3, -0.25) is 4.57 Å². The maximum atomic E-state index is 5.24. The number of para-hydroxylation sites is 2. The van der Waals surface area contributed by atoms with Crippen LogP contribution in [0, 0.1) is 0 Å². The molecule has 8 aromatic carbocycles. The van der Waals surface area contributed by atoms with E-state index in [9.17, 15) is 0 Å². The van der Waals surface area contributed by atoms with Gasteiger partial charge in [-0.05, 0) is 69.4 Å². The van der Waals surface area contributed by atoms with Gasteiger partial charge in [0.1, 0.15) is 5.82 Å². The summed E-state index contributed by atoms with van der Waals surface area (Å²) in [4.78, 5) is 5.24. The Balaban J connectivity index is 1.25. The lowest BCUT2D eigenvalue weighted by Crippen LogP contribution is -1.98. The van der Waals surface area contributed by atoms with E-state index < -0.39 is 0 Å². The van der Waals surface area contributed by atoms with Crippen molar-refractivity contribution in [1.82, 2.24) is 14.1 Å². The van der Waals surface area contributed by atoms with Gasteiger partial charge in [0, 0.05) is 32.8 Å². The van der Waals surface area contributed by atoms with Crippen LogP contribution in [-0.2, 0) is 0 Å². The minimum absolute atomic E-state index is 0.945. The van der Waals surface area contributed by atoms with Crippen molar-refractivity contribution in [3.05, 3.63) is 164 Å². The fourth-order valence-electron chi connectivity index (χ4n) is 8.30. The summed E-state index contributed by atoms with van der Waals surface area (Å²) in [5.74, 6) is 0.945. The van der Waals surface area contributed by atoms with Crippen molar-refractivity contribution >= 4 is 54.4 Å². The normalized spacial score (nSPS) is 12.2. The van der Waals surface area contributed by atoms with Crippen LogP contribution in [0.2, 0.25) is 0 Å². The van der Waals surface area contributed by atoms with Crippen molar-refractivity contribution in [2.24, 2.45) is 0 Å². The molecule has 11 rings (SSSR count). The Kier molecular flexibility index (Phi) is 5.11.